The minimum atomic E-state index is -0.513. The van der Waals surface area contributed by atoms with Gasteiger partial charge in [-0.25, -0.2) is 0 Å². The summed E-state index contributed by atoms with van der Waals surface area (Å²) in [6.07, 6.45) is 2.56. The van der Waals surface area contributed by atoms with Gasteiger partial charge in [-0.05, 0) is 47.6 Å². The molecule has 1 fully saturated rings. The summed E-state index contributed by atoms with van der Waals surface area (Å²) >= 11 is 0. The standard InChI is InChI=1S/C17H18O2/c18-16-6-1-3-12(9-16)10-17(19)15-5-2-4-14(11-15)13-7-8-13/h1-6,9,11,13,17-19H,7-8,10H2. The van der Waals surface area contributed by atoms with E-state index in [-0.39, 0.29) is 5.75 Å². The monoisotopic (exact) mass is 254 g/mol. The Bertz CT molecular complexity index is 573. The normalized spacial score (nSPS) is 16.3. The number of aliphatic hydroxyl groups is 1. The number of aromatic hydroxyl groups is 1. The van der Waals surface area contributed by atoms with Gasteiger partial charge in [0.1, 0.15) is 5.75 Å². The van der Waals surface area contributed by atoms with Crippen molar-refractivity contribution >= 4 is 0 Å². The Balaban J connectivity index is 1.76. The van der Waals surface area contributed by atoms with E-state index in [1.165, 1.54) is 18.4 Å². The topological polar surface area (TPSA) is 40.5 Å². The van der Waals surface area contributed by atoms with E-state index in [1.807, 2.05) is 18.2 Å². The fourth-order valence-electron chi connectivity index (χ4n) is 2.46. The Morgan fingerprint density at radius 2 is 1.84 bits per heavy atom. The molecule has 1 aliphatic carbocycles. The molecule has 19 heavy (non-hydrogen) atoms. The second kappa shape index (κ2) is 5.06. The first kappa shape index (κ1) is 12.2. The van der Waals surface area contributed by atoms with Gasteiger partial charge in [-0.2, -0.15) is 0 Å². The molecule has 3 rings (SSSR count). The van der Waals surface area contributed by atoms with E-state index in [0.717, 1.165) is 11.1 Å². The van der Waals surface area contributed by atoms with Gasteiger partial charge in [0.15, 0.2) is 0 Å². The van der Waals surface area contributed by atoms with Crippen molar-refractivity contribution in [1.29, 1.82) is 0 Å². The Morgan fingerprint density at radius 1 is 1.05 bits per heavy atom. The summed E-state index contributed by atoms with van der Waals surface area (Å²) < 4.78 is 0. The highest BCUT2D eigenvalue weighted by molar-refractivity contribution is 5.32. The third-order valence-corrected chi connectivity index (χ3v) is 3.68. The van der Waals surface area contributed by atoms with Crippen LogP contribution in [0.4, 0.5) is 0 Å². The Morgan fingerprint density at radius 3 is 2.58 bits per heavy atom. The second-order valence-electron chi connectivity index (χ2n) is 5.33. The maximum atomic E-state index is 10.3. The zero-order chi connectivity index (χ0) is 13.2. The summed E-state index contributed by atoms with van der Waals surface area (Å²) in [6, 6.07) is 15.3. The van der Waals surface area contributed by atoms with E-state index in [9.17, 15) is 10.2 Å². The van der Waals surface area contributed by atoms with Gasteiger partial charge in [-0.3, -0.25) is 0 Å². The maximum absolute atomic E-state index is 10.3. The van der Waals surface area contributed by atoms with Crippen molar-refractivity contribution in [3.8, 4) is 5.75 Å². The van der Waals surface area contributed by atoms with Gasteiger partial charge in [0, 0.05) is 6.42 Å². The van der Waals surface area contributed by atoms with Crippen LogP contribution in [0.1, 0.15) is 41.6 Å². The highest BCUT2D eigenvalue weighted by Gasteiger charge is 2.24. The van der Waals surface area contributed by atoms with Gasteiger partial charge < -0.3 is 10.2 Å². The third-order valence-electron chi connectivity index (χ3n) is 3.68. The molecule has 0 bridgehead atoms. The molecule has 0 aliphatic heterocycles. The van der Waals surface area contributed by atoms with Gasteiger partial charge >= 0.3 is 0 Å². The van der Waals surface area contributed by atoms with E-state index in [4.69, 9.17) is 0 Å². The molecule has 0 amide bonds. The molecule has 0 heterocycles. The SMILES string of the molecule is Oc1cccc(CC(O)c2cccc(C3CC3)c2)c1. The molecule has 1 unspecified atom stereocenters. The lowest BCUT2D eigenvalue weighted by Crippen LogP contribution is -2.02. The smallest absolute Gasteiger partial charge is 0.115 e. The Labute approximate surface area is 113 Å². The molecule has 2 aromatic carbocycles. The van der Waals surface area contributed by atoms with Crippen LogP contribution in [0.25, 0.3) is 0 Å². The number of hydrogen-bond acceptors (Lipinski definition) is 2. The highest BCUT2D eigenvalue weighted by Crippen LogP contribution is 2.40. The van der Waals surface area contributed by atoms with Crippen LogP contribution in [0.5, 0.6) is 5.75 Å². The van der Waals surface area contributed by atoms with Crippen LogP contribution in [0.2, 0.25) is 0 Å². The summed E-state index contributed by atoms with van der Waals surface area (Å²) in [7, 11) is 0. The molecule has 98 valence electrons. The molecule has 2 nitrogen and oxygen atoms in total. The van der Waals surface area contributed by atoms with Crippen LogP contribution in [-0.2, 0) is 6.42 Å². The van der Waals surface area contributed by atoms with Crippen molar-refractivity contribution in [2.45, 2.75) is 31.3 Å². The summed E-state index contributed by atoms with van der Waals surface area (Å²) in [5.74, 6) is 0.948. The molecule has 2 N–H and O–H groups in total. The average molecular weight is 254 g/mol. The van der Waals surface area contributed by atoms with Crippen LogP contribution in [-0.4, -0.2) is 10.2 Å². The molecule has 0 saturated heterocycles. The lowest BCUT2D eigenvalue weighted by Gasteiger charge is -2.12. The predicted molar refractivity (Wildman–Crippen MR) is 75.2 cm³/mol. The largest absolute Gasteiger partial charge is 0.508 e. The molecule has 0 radical (unpaired) electrons. The van der Waals surface area contributed by atoms with E-state index in [2.05, 4.69) is 12.1 Å². The first-order valence-corrected chi connectivity index (χ1v) is 6.78. The number of benzene rings is 2. The molecule has 0 spiro atoms. The fourth-order valence-corrected chi connectivity index (χ4v) is 2.46. The van der Waals surface area contributed by atoms with E-state index in [1.54, 1.807) is 18.2 Å². The summed E-state index contributed by atoms with van der Waals surface area (Å²) in [5, 5.41) is 19.7. The van der Waals surface area contributed by atoms with E-state index in [0.29, 0.717) is 12.3 Å². The number of aliphatic hydroxyl groups excluding tert-OH is 1. The summed E-state index contributed by atoms with van der Waals surface area (Å²) in [5.41, 5.74) is 3.25. The lowest BCUT2D eigenvalue weighted by atomic mass is 9.98. The molecule has 2 aromatic rings. The first-order valence-electron chi connectivity index (χ1n) is 6.78. The van der Waals surface area contributed by atoms with Crippen LogP contribution in [0.3, 0.4) is 0 Å². The van der Waals surface area contributed by atoms with Crippen molar-refractivity contribution in [3.05, 3.63) is 65.2 Å². The van der Waals surface area contributed by atoms with Crippen LogP contribution in [0.15, 0.2) is 48.5 Å². The third kappa shape index (κ3) is 2.96. The van der Waals surface area contributed by atoms with Crippen molar-refractivity contribution < 1.29 is 10.2 Å². The molecule has 1 aliphatic rings. The number of phenolic OH excluding ortho intramolecular Hbond substituents is 1. The van der Waals surface area contributed by atoms with Crippen molar-refractivity contribution in [1.82, 2.24) is 0 Å². The van der Waals surface area contributed by atoms with Crippen molar-refractivity contribution in [2.75, 3.05) is 0 Å². The second-order valence-corrected chi connectivity index (χ2v) is 5.33. The van der Waals surface area contributed by atoms with Crippen LogP contribution >= 0.6 is 0 Å². The van der Waals surface area contributed by atoms with E-state index >= 15 is 0 Å². The molecule has 1 saturated carbocycles. The number of rotatable bonds is 4. The Hall–Kier alpha value is -1.80. The van der Waals surface area contributed by atoms with Gasteiger partial charge in [-0.1, -0.05) is 36.4 Å². The van der Waals surface area contributed by atoms with Crippen LogP contribution in [0, 0.1) is 0 Å². The molecule has 1 atom stereocenters. The minimum Gasteiger partial charge on any atom is -0.508 e. The molecular weight excluding hydrogens is 236 g/mol. The Kier molecular flexibility index (Phi) is 3.26. The quantitative estimate of drug-likeness (QED) is 0.876. The average Bonchev–Trinajstić information content (AvgIpc) is 3.23. The van der Waals surface area contributed by atoms with E-state index < -0.39 is 6.10 Å². The summed E-state index contributed by atoms with van der Waals surface area (Å²) in [4.78, 5) is 0. The lowest BCUT2D eigenvalue weighted by molar-refractivity contribution is 0.178. The summed E-state index contributed by atoms with van der Waals surface area (Å²) in [6.45, 7) is 0. The highest BCUT2D eigenvalue weighted by atomic mass is 16.3. The fraction of sp³-hybridized carbons (Fsp3) is 0.294. The predicted octanol–water partition coefficient (Wildman–Crippen LogP) is 3.55. The number of phenols is 1. The van der Waals surface area contributed by atoms with Crippen molar-refractivity contribution in [2.24, 2.45) is 0 Å². The van der Waals surface area contributed by atoms with Crippen LogP contribution < -0.4 is 0 Å². The number of hydrogen-bond donors (Lipinski definition) is 2. The van der Waals surface area contributed by atoms with Gasteiger partial charge in [-0.15, -0.1) is 0 Å². The molecular formula is C17H18O2. The van der Waals surface area contributed by atoms with Gasteiger partial charge in [0.25, 0.3) is 0 Å². The van der Waals surface area contributed by atoms with Gasteiger partial charge in [0.2, 0.25) is 0 Å². The molecule has 2 heteroatoms. The molecule has 0 aromatic heterocycles. The first-order chi connectivity index (χ1) is 9.22. The zero-order valence-corrected chi connectivity index (χ0v) is 10.8. The zero-order valence-electron chi connectivity index (χ0n) is 10.8. The minimum absolute atomic E-state index is 0.247. The van der Waals surface area contributed by atoms with Crippen molar-refractivity contribution in [3.63, 3.8) is 0 Å². The van der Waals surface area contributed by atoms with Gasteiger partial charge in [0.05, 0.1) is 6.10 Å². The maximum Gasteiger partial charge on any atom is 0.115 e.